The van der Waals surface area contributed by atoms with Crippen molar-refractivity contribution in [2.24, 2.45) is 0 Å². The Kier molecular flexibility index (Phi) is 5.76. The van der Waals surface area contributed by atoms with Crippen molar-refractivity contribution in [1.29, 1.82) is 0 Å². The number of aryl methyl sites for hydroxylation is 1. The monoisotopic (exact) mass is 340 g/mol. The van der Waals surface area contributed by atoms with E-state index in [0.717, 1.165) is 5.69 Å². The molecule has 112 valence electrons. The quantitative estimate of drug-likeness (QED) is 0.592. The number of hydrogen-bond acceptors (Lipinski definition) is 0. The van der Waals surface area contributed by atoms with E-state index in [1.54, 1.807) is 0 Å². The van der Waals surface area contributed by atoms with Gasteiger partial charge in [-0.2, -0.15) is 6.07 Å². The van der Waals surface area contributed by atoms with Gasteiger partial charge in [-0.1, -0.05) is 19.6 Å². The summed E-state index contributed by atoms with van der Waals surface area (Å²) in [5.41, 5.74) is 2.77. The number of halogens is 2. The van der Waals surface area contributed by atoms with Crippen LogP contribution in [0.25, 0.3) is 0 Å². The summed E-state index contributed by atoms with van der Waals surface area (Å²) >= 11 is 0. The molecule has 1 nitrogen and oxygen atoms in total. The molecule has 0 aliphatic heterocycles. The number of rotatable bonds is 3. The topological polar surface area (TPSA) is 4.93 Å². The minimum absolute atomic E-state index is 0. The Labute approximate surface area is 141 Å². The van der Waals surface area contributed by atoms with Gasteiger partial charge in [-0.05, 0) is 25.1 Å². The molecule has 0 unspecified atom stereocenters. The van der Waals surface area contributed by atoms with Crippen molar-refractivity contribution in [2.75, 3.05) is 0 Å². The van der Waals surface area contributed by atoms with E-state index in [2.05, 4.69) is 43.3 Å². The zero-order valence-electron chi connectivity index (χ0n) is 13.1. The van der Waals surface area contributed by atoms with Gasteiger partial charge in [0.05, 0.1) is 8.07 Å². The van der Waals surface area contributed by atoms with Crippen molar-refractivity contribution in [1.82, 2.24) is 4.57 Å². The second-order valence-electron chi connectivity index (χ2n) is 6.27. The number of nitrogens with zero attached hydrogens (tertiary/aromatic N) is 1. The van der Waals surface area contributed by atoms with Gasteiger partial charge < -0.3 is 4.57 Å². The van der Waals surface area contributed by atoms with Gasteiger partial charge >= 0.3 is 0 Å². The van der Waals surface area contributed by atoms with Crippen molar-refractivity contribution in [3.05, 3.63) is 52.9 Å². The van der Waals surface area contributed by atoms with Crippen LogP contribution in [0.15, 0.2) is 18.2 Å². The normalized spacial score (nSPS) is 11.4. The third kappa shape index (κ3) is 3.93. The van der Waals surface area contributed by atoms with Crippen molar-refractivity contribution in [2.45, 2.75) is 40.0 Å². The van der Waals surface area contributed by atoms with Gasteiger partial charge in [0.15, 0.2) is 0 Å². The van der Waals surface area contributed by atoms with E-state index in [1.165, 1.54) is 23.0 Å². The molecule has 21 heavy (non-hydrogen) atoms. The molecule has 1 aromatic heterocycles. The van der Waals surface area contributed by atoms with Gasteiger partial charge in [-0.3, -0.25) is 0 Å². The van der Waals surface area contributed by atoms with E-state index in [1.807, 2.05) is 6.92 Å². The van der Waals surface area contributed by atoms with Crippen molar-refractivity contribution in [3.8, 4) is 0 Å². The van der Waals surface area contributed by atoms with E-state index in [4.69, 9.17) is 0 Å². The Hall–Kier alpha value is -0.709. The maximum absolute atomic E-state index is 13.7. The first-order chi connectivity index (χ1) is 9.20. The molecule has 0 amide bonds. The predicted molar refractivity (Wildman–Crippen MR) is 81.2 cm³/mol. The zero-order valence-corrected chi connectivity index (χ0v) is 15.7. The molecule has 1 heterocycles. The fourth-order valence-electron chi connectivity index (χ4n) is 2.57. The Morgan fingerprint density at radius 1 is 1.14 bits per heavy atom. The third-order valence-corrected chi connectivity index (χ3v) is 5.77. The molecule has 0 fully saturated rings. The number of aromatic nitrogens is 1. The molecule has 2 aromatic rings. The average molecular weight is 340 g/mol. The van der Waals surface area contributed by atoms with E-state index >= 15 is 0 Å². The predicted octanol–water partition coefficient (Wildman–Crippen LogP) is 3.77. The summed E-state index contributed by atoms with van der Waals surface area (Å²) < 4.78 is 28.7. The second-order valence-corrected chi connectivity index (χ2v) is 11.3. The van der Waals surface area contributed by atoms with E-state index in [-0.39, 0.29) is 21.7 Å². The molecule has 0 aliphatic rings. The number of benzene rings is 1. The van der Waals surface area contributed by atoms with Crippen LogP contribution in [0, 0.1) is 31.5 Å². The minimum atomic E-state index is -1.41. The SMILES string of the molecule is Cc1cc([Si](C)(C)C)c(C)n1Cc1ccc(F)[c-]c1F.[Ti]. The summed E-state index contributed by atoms with van der Waals surface area (Å²) in [4.78, 5) is 0. The Balaban J connectivity index is 0.00000220. The molecule has 0 saturated heterocycles. The van der Waals surface area contributed by atoms with Crippen LogP contribution in [-0.2, 0) is 28.3 Å². The minimum Gasteiger partial charge on any atom is -0.356 e. The van der Waals surface area contributed by atoms with Crippen molar-refractivity contribution < 1.29 is 30.5 Å². The van der Waals surface area contributed by atoms with Gasteiger partial charge in [-0.15, -0.1) is 17.7 Å². The second kappa shape index (κ2) is 6.59. The summed E-state index contributed by atoms with van der Waals surface area (Å²) in [7, 11) is -1.41. The largest absolute Gasteiger partial charge is 0.356 e. The fraction of sp³-hybridized carbons (Fsp3) is 0.375. The molecule has 1 aromatic carbocycles. The Morgan fingerprint density at radius 3 is 2.24 bits per heavy atom. The smallest absolute Gasteiger partial charge is 0.0799 e. The van der Waals surface area contributed by atoms with E-state index in [9.17, 15) is 8.78 Å². The van der Waals surface area contributed by atoms with Crippen LogP contribution in [-0.4, -0.2) is 12.6 Å². The molecular formula is C16H20F2NSiTi-. The van der Waals surface area contributed by atoms with Crippen LogP contribution in [0.5, 0.6) is 0 Å². The first-order valence-corrected chi connectivity index (χ1v) is 10.2. The van der Waals surface area contributed by atoms with Crippen LogP contribution in [0.3, 0.4) is 0 Å². The Bertz CT molecular complexity index is 644. The summed E-state index contributed by atoms with van der Waals surface area (Å²) in [6.45, 7) is 11.4. The van der Waals surface area contributed by atoms with Crippen LogP contribution >= 0.6 is 0 Å². The number of hydrogen-bond donors (Lipinski definition) is 0. The molecule has 0 atom stereocenters. The summed E-state index contributed by atoms with van der Waals surface area (Å²) in [6, 6.07) is 7.05. The molecule has 0 bridgehead atoms. The molecule has 5 heteroatoms. The van der Waals surface area contributed by atoms with Gasteiger partial charge in [0.25, 0.3) is 0 Å². The maximum Gasteiger partial charge on any atom is 0.0799 e. The van der Waals surface area contributed by atoms with Gasteiger partial charge in [0, 0.05) is 51.3 Å². The first-order valence-electron chi connectivity index (χ1n) is 6.73. The standard InChI is InChI=1S/C16H20F2NSi.Ti/c1-11-8-16(20(3,4)5)12(2)19(11)10-13-6-7-14(17)9-15(13)18;/h6-8H,10H2,1-5H3;/q-1;. The van der Waals surface area contributed by atoms with Crippen LogP contribution in [0.2, 0.25) is 19.6 Å². The molecule has 0 radical (unpaired) electrons. The van der Waals surface area contributed by atoms with E-state index < -0.39 is 19.7 Å². The molecule has 0 saturated carbocycles. The summed E-state index contributed by atoms with van der Waals surface area (Å²) in [6.07, 6.45) is 0. The summed E-state index contributed by atoms with van der Waals surface area (Å²) in [5.74, 6) is -1.26. The zero-order chi connectivity index (χ0) is 15.1. The Morgan fingerprint density at radius 2 is 1.76 bits per heavy atom. The molecule has 0 N–H and O–H groups in total. The van der Waals surface area contributed by atoms with Crippen LogP contribution in [0.4, 0.5) is 8.78 Å². The molecule has 2 rings (SSSR count). The van der Waals surface area contributed by atoms with Gasteiger partial charge in [0.1, 0.15) is 0 Å². The van der Waals surface area contributed by atoms with Crippen molar-refractivity contribution >= 4 is 13.3 Å². The average Bonchev–Trinajstić information content (AvgIpc) is 2.59. The molecule has 0 spiro atoms. The summed E-state index contributed by atoms with van der Waals surface area (Å²) in [5, 5.41) is 1.39. The van der Waals surface area contributed by atoms with Crippen molar-refractivity contribution in [3.63, 3.8) is 0 Å². The third-order valence-electron chi connectivity index (χ3n) is 3.65. The van der Waals surface area contributed by atoms with Crippen LogP contribution < -0.4 is 5.19 Å². The molecular weight excluding hydrogens is 320 g/mol. The maximum atomic E-state index is 13.7. The van der Waals surface area contributed by atoms with Gasteiger partial charge in [-0.25, -0.2) is 8.78 Å². The molecule has 0 aliphatic carbocycles. The van der Waals surface area contributed by atoms with Gasteiger partial charge in [0.2, 0.25) is 0 Å². The van der Waals surface area contributed by atoms with Crippen LogP contribution in [0.1, 0.15) is 17.0 Å². The fourth-order valence-corrected chi connectivity index (χ4v) is 4.43. The first kappa shape index (κ1) is 18.3. The van der Waals surface area contributed by atoms with E-state index in [0.29, 0.717) is 12.1 Å².